The SMILES string of the molecule is CC(C)C(NC(=O)OC1=C2OC3C(=O)CCC4[C@@H]5CCC[C@]34C2C(CC1)C5)C(=O)O. The fraction of sp³-hybridized carbons (Fsp3) is 0.783. The van der Waals surface area contributed by atoms with E-state index in [2.05, 4.69) is 5.32 Å². The number of alkyl carbamates (subject to hydrolysis) is 1. The van der Waals surface area contributed by atoms with Crippen molar-refractivity contribution in [3.05, 3.63) is 11.5 Å². The molecule has 1 spiro atoms. The van der Waals surface area contributed by atoms with Crippen molar-refractivity contribution < 1.29 is 29.0 Å². The lowest BCUT2D eigenvalue weighted by Crippen LogP contribution is -2.59. The maximum absolute atomic E-state index is 12.9. The summed E-state index contributed by atoms with van der Waals surface area (Å²) in [7, 11) is 0. The minimum atomic E-state index is -1.08. The standard InChI is InChI=1S/C23H31NO6/c1-11(2)18(21(26)27)24-22(28)29-16-8-5-13-10-12-4-3-9-23-14(12)6-7-15(25)20(23)30-19(16)17(13)23/h11-14,17-18,20H,3-10H2,1-2H3,(H,24,28)(H,26,27)/t12-,13?,14?,17?,18?,20?,23+/m1/s1. The minimum Gasteiger partial charge on any atom is -0.483 e. The van der Waals surface area contributed by atoms with Crippen molar-refractivity contribution in [2.24, 2.45) is 35.0 Å². The van der Waals surface area contributed by atoms with Gasteiger partial charge in [-0.25, -0.2) is 9.59 Å². The summed E-state index contributed by atoms with van der Waals surface area (Å²) in [5.41, 5.74) is -0.121. The molecule has 164 valence electrons. The molecule has 1 saturated heterocycles. The lowest BCUT2D eigenvalue weighted by molar-refractivity contribution is -0.155. The molecule has 5 unspecified atom stereocenters. The summed E-state index contributed by atoms with van der Waals surface area (Å²) in [6.45, 7) is 3.48. The molecule has 7 nitrogen and oxygen atoms in total. The average Bonchev–Trinajstić information content (AvgIpc) is 3.03. The van der Waals surface area contributed by atoms with Gasteiger partial charge in [-0.2, -0.15) is 0 Å². The van der Waals surface area contributed by atoms with Gasteiger partial charge in [0.15, 0.2) is 11.9 Å². The summed E-state index contributed by atoms with van der Waals surface area (Å²) in [6.07, 6.45) is 6.51. The molecule has 0 aromatic heterocycles. The highest BCUT2D eigenvalue weighted by molar-refractivity contribution is 5.86. The fourth-order valence-electron chi connectivity index (χ4n) is 7.53. The largest absolute Gasteiger partial charge is 0.483 e. The van der Waals surface area contributed by atoms with Gasteiger partial charge < -0.3 is 19.9 Å². The number of carboxylic acids is 1. The number of ketones is 1. The van der Waals surface area contributed by atoms with Crippen LogP contribution in [-0.2, 0) is 19.1 Å². The molecule has 7 heteroatoms. The predicted molar refractivity (Wildman–Crippen MR) is 106 cm³/mol. The third kappa shape index (κ3) is 2.73. The minimum absolute atomic E-state index is 0.121. The van der Waals surface area contributed by atoms with E-state index in [0.717, 1.165) is 25.7 Å². The second-order valence-corrected chi connectivity index (χ2v) is 10.3. The zero-order valence-corrected chi connectivity index (χ0v) is 17.7. The van der Waals surface area contributed by atoms with E-state index in [-0.39, 0.29) is 23.0 Å². The zero-order chi connectivity index (χ0) is 21.2. The van der Waals surface area contributed by atoms with Gasteiger partial charge in [0.2, 0.25) is 0 Å². The van der Waals surface area contributed by atoms with Crippen molar-refractivity contribution in [3.8, 4) is 0 Å². The van der Waals surface area contributed by atoms with Crippen LogP contribution in [-0.4, -0.2) is 35.1 Å². The van der Waals surface area contributed by atoms with Gasteiger partial charge in [-0.15, -0.1) is 0 Å². The molecule has 2 bridgehead atoms. The summed E-state index contributed by atoms with van der Waals surface area (Å²) in [5.74, 6) is 1.92. The Kier molecular flexibility index (Phi) is 4.63. The number of carbonyl (C=O) groups excluding carboxylic acids is 2. The van der Waals surface area contributed by atoms with Gasteiger partial charge in [-0.3, -0.25) is 4.79 Å². The first-order valence-electron chi connectivity index (χ1n) is 11.5. The normalized spacial score (nSPS) is 39.8. The van der Waals surface area contributed by atoms with E-state index in [9.17, 15) is 19.5 Å². The number of carboxylic acid groups (broad SMARTS) is 1. The Morgan fingerprint density at radius 2 is 2.00 bits per heavy atom. The number of amides is 1. The number of hydrogen-bond acceptors (Lipinski definition) is 5. The molecular formula is C23H31NO6. The summed E-state index contributed by atoms with van der Waals surface area (Å²) in [5, 5.41) is 11.8. The molecule has 4 aliphatic carbocycles. The van der Waals surface area contributed by atoms with Crippen LogP contribution in [0, 0.1) is 35.0 Å². The second-order valence-electron chi connectivity index (χ2n) is 10.3. The molecule has 1 amide bonds. The third-order valence-electron chi connectivity index (χ3n) is 8.55. The first-order chi connectivity index (χ1) is 14.3. The number of allylic oxidation sites excluding steroid dienone is 2. The van der Waals surface area contributed by atoms with Crippen molar-refractivity contribution >= 4 is 17.8 Å². The molecule has 2 N–H and O–H groups in total. The number of rotatable bonds is 4. The third-order valence-corrected chi connectivity index (χ3v) is 8.55. The maximum atomic E-state index is 12.9. The van der Waals surface area contributed by atoms with E-state index in [1.54, 1.807) is 13.8 Å². The zero-order valence-electron chi connectivity index (χ0n) is 17.7. The van der Waals surface area contributed by atoms with Crippen molar-refractivity contribution in [2.75, 3.05) is 0 Å². The molecule has 5 rings (SSSR count). The topological polar surface area (TPSA) is 102 Å². The highest BCUT2D eigenvalue weighted by Gasteiger charge is 2.70. The van der Waals surface area contributed by atoms with E-state index in [1.807, 2.05) is 0 Å². The first kappa shape index (κ1) is 19.9. The van der Waals surface area contributed by atoms with Gasteiger partial charge in [0.05, 0.1) is 0 Å². The molecule has 1 heterocycles. The molecule has 5 aliphatic rings. The molecule has 4 fully saturated rings. The summed E-state index contributed by atoms with van der Waals surface area (Å²) >= 11 is 0. The number of ether oxygens (including phenoxy) is 2. The highest BCUT2D eigenvalue weighted by atomic mass is 16.6. The van der Waals surface area contributed by atoms with Crippen LogP contribution < -0.4 is 5.32 Å². The van der Waals surface area contributed by atoms with Crippen molar-refractivity contribution in [3.63, 3.8) is 0 Å². The molecule has 7 atom stereocenters. The van der Waals surface area contributed by atoms with Crippen LogP contribution in [0.25, 0.3) is 0 Å². The number of hydrogen-bond donors (Lipinski definition) is 2. The van der Waals surface area contributed by atoms with Crippen molar-refractivity contribution in [1.82, 2.24) is 5.32 Å². The number of carbonyl (C=O) groups is 3. The van der Waals surface area contributed by atoms with E-state index in [4.69, 9.17) is 9.47 Å². The second kappa shape index (κ2) is 6.99. The van der Waals surface area contributed by atoms with E-state index < -0.39 is 24.2 Å². The summed E-state index contributed by atoms with van der Waals surface area (Å²) in [4.78, 5) is 36.8. The average molecular weight is 418 g/mol. The lowest BCUT2D eigenvalue weighted by atomic mass is 9.43. The van der Waals surface area contributed by atoms with E-state index in [0.29, 0.717) is 42.1 Å². The van der Waals surface area contributed by atoms with E-state index in [1.165, 1.54) is 12.8 Å². The quantitative estimate of drug-likeness (QED) is 0.724. The number of nitrogens with one attached hydrogen (secondary N) is 1. The van der Waals surface area contributed by atoms with Crippen LogP contribution in [0.3, 0.4) is 0 Å². The van der Waals surface area contributed by atoms with Crippen LogP contribution in [0.4, 0.5) is 4.79 Å². The summed E-state index contributed by atoms with van der Waals surface area (Å²) < 4.78 is 12.0. The van der Waals surface area contributed by atoms with Crippen LogP contribution in [0.2, 0.25) is 0 Å². The maximum Gasteiger partial charge on any atom is 0.413 e. The Morgan fingerprint density at radius 1 is 1.20 bits per heavy atom. The van der Waals surface area contributed by atoms with Crippen molar-refractivity contribution in [1.29, 1.82) is 0 Å². The molecule has 1 aliphatic heterocycles. The summed E-state index contributed by atoms with van der Waals surface area (Å²) in [6, 6.07) is -1.01. The van der Waals surface area contributed by atoms with Gasteiger partial charge >= 0.3 is 12.1 Å². The Labute approximate surface area is 176 Å². The molecule has 0 radical (unpaired) electrons. The fourth-order valence-corrected chi connectivity index (χ4v) is 7.53. The number of aliphatic carboxylic acids is 1. The Balaban J connectivity index is 1.45. The molecular weight excluding hydrogens is 386 g/mol. The van der Waals surface area contributed by atoms with E-state index >= 15 is 0 Å². The Hall–Kier alpha value is -2.05. The van der Waals surface area contributed by atoms with Gasteiger partial charge in [0, 0.05) is 24.2 Å². The van der Waals surface area contributed by atoms with Crippen LogP contribution in [0.1, 0.15) is 65.2 Å². The van der Waals surface area contributed by atoms with Gasteiger partial charge in [0.25, 0.3) is 0 Å². The molecule has 3 saturated carbocycles. The van der Waals surface area contributed by atoms with Gasteiger partial charge in [-0.05, 0) is 49.4 Å². The first-order valence-corrected chi connectivity index (χ1v) is 11.5. The van der Waals surface area contributed by atoms with Crippen LogP contribution in [0.5, 0.6) is 0 Å². The number of Topliss-reactive ketones (excluding diaryl/α,β-unsaturated/α-hetero) is 1. The molecule has 0 aromatic carbocycles. The smallest absolute Gasteiger partial charge is 0.413 e. The van der Waals surface area contributed by atoms with Gasteiger partial charge in [0.1, 0.15) is 17.6 Å². The Morgan fingerprint density at radius 3 is 2.73 bits per heavy atom. The lowest BCUT2D eigenvalue weighted by Gasteiger charge is -2.58. The van der Waals surface area contributed by atoms with Crippen LogP contribution in [0.15, 0.2) is 11.5 Å². The van der Waals surface area contributed by atoms with Crippen molar-refractivity contribution in [2.45, 2.75) is 77.4 Å². The Bertz CT molecular complexity index is 819. The predicted octanol–water partition coefficient (Wildman–Crippen LogP) is 3.63. The van der Waals surface area contributed by atoms with Gasteiger partial charge in [-0.1, -0.05) is 26.7 Å². The highest BCUT2D eigenvalue weighted by Crippen LogP contribution is 2.70. The van der Waals surface area contributed by atoms with Crippen LogP contribution >= 0.6 is 0 Å². The monoisotopic (exact) mass is 417 g/mol. The molecule has 0 aromatic rings. The molecule has 30 heavy (non-hydrogen) atoms.